The summed E-state index contributed by atoms with van der Waals surface area (Å²) in [5.41, 5.74) is 3.34. The van der Waals surface area contributed by atoms with Gasteiger partial charge in [-0.05, 0) is 30.6 Å². The Labute approximate surface area is 93.7 Å². The van der Waals surface area contributed by atoms with Crippen molar-refractivity contribution in [2.45, 2.75) is 52.0 Å². The molecule has 0 aromatic carbocycles. The van der Waals surface area contributed by atoms with E-state index in [1.165, 1.54) is 32.1 Å². The highest BCUT2D eigenvalue weighted by Crippen LogP contribution is 2.45. The van der Waals surface area contributed by atoms with Crippen LogP contribution >= 0.6 is 0 Å². The molecule has 0 heterocycles. The van der Waals surface area contributed by atoms with Crippen molar-refractivity contribution in [3.8, 4) is 0 Å². The van der Waals surface area contributed by atoms with E-state index in [1.807, 2.05) is 0 Å². The van der Waals surface area contributed by atoms with Crippen LogP contribution < -0.4 is 11.3 Å². The van der Waals surface area contributed by atoms with Crippen LogP contribution in [0, 0.1) is 11.3 Å². The van der Waals surface area contributed by atoms with E-state index in [0.717, 1.165) is 12.5 Å². The number of nitrogens with one attached hydrogen (secondary N) is 1. The summed E-state index contributed by atoms with van der Waals surface area (Å²) >= 11 is 0. The Morgan fingerprint density at radius 3 is 2.33 bits per heavy atom. The third-order valence-electron chi connectivity index (χ3n) is 3.69. The SMILES string of the molecule is COCC(NN)C1(CC(C)C)CCCC1. The van der Waals surface area contributed by atoms with Gasteiger partial charge >= 0.3 is 0 Å². The summed E-state index contributed by atoms with van der Waals surface area (Å²) in [4.78, 5) is 0. The molecule has 0 aromatic heterocycles. The van der Waals surface area contributed by atoms with Crippen molar-refractivity contribution >= 4 is 0 Å². The van der Waals surface area contributed by atoms with E-state index < -0.39 is 0 Å². The molecular weight excluding hydrogens is 188 g/mol. The van der Waals surface area contributed by atoms with E-state index in [4.69, 9.17) is 10.6 Å². The van der Waals surface area contributed by atoms with Crippen molar-refractivity contribution in [2.75, 3.05) is 13.7 Å². The second-order valence-corrected chi connectivity index (χ2v) is 5.34. The molecular formula is C12H26N2O. The Kier molecular flexibility index (Phi) is 5.03. The number of hydrogen-bond donors (Lipinski definition) is 2. The van der Waals surface area contributed by atoms with Crippen LogP contribution in [-0.4, -0.2) is 19.8 Å². The minimum Gasteiger partial charge on any atom is -0.383 e. The largest absolute Gasteiger partial charge is 0.383 e. The Morgan fingerprint density at radius 1 is 1.33 bits per heavy atom. The van der Waals surface area contributed by atoms with E-state index >= 15 is 0 Å². The maximum atomic E-state index is 5.67. The van der Waals surface area contributed by atoms with Crippen LogP contribution in [0.4, 0.5) is 0 Å². The van der Waals surface area contributed by atoms with E-state index in [9.17, 15) is 0 Å². The van der Waals surface area contributed by atoms with Crippen LogP contribution in [0.5, 0.6) is 0 Å². The third-order valence-corrected chi connectivity index (χ3v) is 3.69. The molecule has 90 valence electrons. The molecule has 0 aromatic rings. The Balaban J connectivity index is 2.69. The highest BCUT2D eigenvalue weighted by molar-refractivity contribution is 4.94. The Bertz CT molecular complexity index is 176. The molecule has 0 amide bonds. The lowest BCUT2D eigenvalue weighted by atomic mass is 9.73. The smallest absolute Gasteiger partial charge is 0.0634 e. The molecule has 1 aliphatic carbocycles. The van der Waals surface area contributed by atoms with Gasteiger partial charge in [0.2, 0.25) is 0 Å². The summed E-state index contributed by atoms with van der Waals surface area (Å²) in [5.74, 6) is 6.40. The average molecular weight is 214 g/mol. The third kappa shape index (κ3) is 3.16. The molecule has 1 rings (SSSR count). The van der Waals surface area contributed by atoms with Crippen molar-refractivity contribution in [2.24, 2.45) is 17.2 Å². The fourth-order valence-corrected chi connectivity index (χ4v) is 3.16. The molecule has 0 aliphatic heterocycles. The molecule has 15 heavy (non-hydrogen) atoms. The molecule has 0 spiro atoms. The number of hydrazine groups is 1. The topological polar surface area (TPSA) is 47.3 Å². The van der Waals surface area contributed by atoms with Gasteiger partial charge in [-0.1, -0.05) is 26.7 Å². The van der Waals surface area contributed by atoms with Gasteiger partial charge in [-0.2, -0.15) is 0 Å². The fraction of sp³-hybridized carbons (Fsp3) is 1.00. The summed E-state index contributed by atoms with van der Waals surface area (Å²) in [6, 6.07) is 0.312. The number of hydrogen-bond acceptors (Lipinski definition) is 3. The van der Waals surface area contributed by atoms with Gasteiger partial charge in [-0.25, -0.2) is 0 Å². The summed E-state index contributed by atoms with van der Waals surface area (Å²) in [6.45, 7) is 5.31. The highest BCUT2D eigenvalue weighted by Gasteiger charge is 2.41. The predicted molar refractivity (Wildman–Crippen MR) is 63.3 cm³/mol. The highest BCUT2D eigenvalue weighted by atomic mass is 16.5. The van der Waals surface area contributed by atoms with Crippen molar-refractivity contribution < 1.29 is 4.74 Å². The summed E-state index contributed by atoms with van der Waals surface area (Å²) in [5, 5.41) is 0. The van der Waals surface area contributed by atoms with E-state index in [0.29, 0.717) is 11.5 Å². The first-order valence-corrected chi connectivity index (χ1v) is 6.09. The minimum absolute atomic E-state index is 0.312. The Morgan fingerprint density at radius 2 is 1.93 bits per heavy atom. The number of ether oxygens (including phenoxy) is 1. The standard InChI is InChI=1S/C12H26N2O/c1-10(2)8-12(6-4-5-7-12)11(14-13)9-15-3/h10-11,14H,4-9,13H2,1-3H3. The average Bonchev–Trinajstić information content (AvgIpc) is 2.62. The van der Waals surface area contributed by atoms with Gasteiger partial charge in [0.15, 0.2) is 0 Å². The van der Waals surface area contributed by atoms with Gasteiger partial charge < -0.3 is 4.74 Å². The lowest BCUT2D eigenvalue weighted by molar-refractivity contribution is 0.0732. The summed E-state index contributed by atoms with van der Waals surface area (Å²) < 4.78 is 5.27. The molecule has 3 N–H and O–H groups in total. The fourth-order valence-electron chi connectivity index (χ4n) is 3.16. The molecule has 0 radical (unpaired) electrons. The zero-order valence-electron chi connectivity index (χ0n) is 10.4. The van der Waals surface area contributed by atoms with Crippen molar-refractivity contribution in [1.82, 2.24) is 5.43 Å². The normalized spacial score (nSPS) is 22.2. The van der Waals surface area contributed by atoms with Gasteiger partial charge in [0.25, 0.3) is 0 Å². The van der Waals surface area contributed by atoms with Crippen LogP contribution in [0.1, 0.15) is 46.0 Å². The van der Waals surface area contributed by atoms with Gasteiger partial charge in [0.05, 0.1) is 12.6 Å². The molecule has 0 saturated heterocycles. The van der Waals surface area contributed by atoms with Gasteiger partial charge in [-0.3, -0.25) is 11.3 Å². The van der Waals surface area contributed by atoms with Crippen LogP contribution in [0.2, 0.25) is 0 Å². The first-order chi connectivity index (χ1) is 7.14. The maximum Gasteiger partial charge on any atom is 0.0634 e. The lowest BCUT2D eigenvalue weighted by Gasteiger charge is -2.38. The second kappa shape index (κ2) is 5.83. The molecule has 1 fully saturated rings. The lowest BCUT2D eigenvalue weighted by Crippen LogP contribution is -2.50. The quantitative estimate of drug-likeness (QED) is 0.525. The molecule has 3 nitrogen and oxygen atoms in total. The van der Waals surface area contributed by atoms with Crippen molar-refractivity contribution in [1.29, 1.82) is 0 Å². The molecule has 1 unspecified atom stereocenters. The van der Waals surface area contributed by atoms with Gasteiger partial charge in [-0.15, -0.1) is 0 Å². The first-order valence-electron chi connectivity index (χ1n) is 6.09. The second-order valence-electron chi connectivity index (χ2n) is 5.34. The van der Waals surface area contributed by atoms with E-state index in [-0.39, 0.29) is 0 Å². The monoisotopic (exact) mass is 214 g/mol. The molecule has 1 aliphatic rings. The van der Waals surface area contributed by atoms with Crippen molar-refractivity contribution in [3.63, 3.8) is 0 Å². The number of methoxy groups -OCH3 is 1. The van der Waals surface area contributed by atoms with Gasteiger partial charge in [0, 0.05) is 7.11 Å². The van der Waals surface area contributed by atoms with Crippen LogP contribution in [0.15, 0.2) is 0 Å². The van der Waals surface area contributed by atoms with Crippen LogP contribution in [0.25, 0.3) is 0 Å². The van der Waals surface area contributed by atoms with E-state index in [1.54, 1.807) is 7.11 Å². The maximum absolute atomic E-state index is 5.67. The number of rotatable bonds is 6. The zero-order chi connectivity index (χ0) is 11.3. The Hall–Kier alpha value is -0.120. The first kappa shape index (κ1) is 12.9. The molecule has 0 bridgehead atoms. The molecule has 1 saturated carbocycles. The summed E-state index contributed by atoms with van der Waals surface area (Å²) in [7, 11) is 1.75. The molecule has 1 atom stereocenters. The van der Waals surface area contributed by atoms with E-state index in [2.05, 4.69) is 19.3 Å². The van der Waals surface area contributed by atoms with Gasteiger partial charge in [0.1, 0.15) is 0 Å². The summed E-state index contributed by atoms with van der Waals surface area (Å²) in [6.07, 6.45) is 6.53. The van der Waals surface area contributed by atoms with Crippen LogP contribution in [-0.2, 0) is 4.74 Å². The number of nitrogens with two attached hydrogens (primary N) is 1. The van der Waals surface area contributed by atoms with Crippen LogP contribution in [0.3, 0.4) is 0 Å². The zero-order valence-corrected chi connectivity index (χ0v) is 10.4. The van der Waals surface area contributed by atoms with Crippen molar-refractivity contribution in [3.05, 3.63) is 0 Å². The predicted octanol–water partition coefficient (Wildman–Crippen LogP) is 2.07. The molecule has 3 heteroatoms. The minimum atomic E-state index is 0.312.